The Bertz CT molecular complexity index is 872. The van der Waals surface area contributed by atoms with Crippen molar-refractivity contribution in [1.29, 1.82) is 0 Å². The van der Waals surface area contributed by atoms with Gasteiger partial charge in [0.05, 0.1) is 18.1 Å². The lowest BCUT2D eigenvalue weighted by atomic mass is 10.0. The summed E-state index contributed by atoms with van der Waals surface area (Å²) in [5, 5.41) is 2.96. The minimum Gasteiger partial charge on any atom is -0.490 e. The van der Waals surface area contributed by atoms with Crippen molar-refractivity contribution in [3.05, 3.63) is 18.2 Å². The van der Waals surface area contributed by atoms with Crippen LogP contribution in [0.4, 0.5) is 0 Å². The van der Waals surface area contributed by atoms with E-state index in [9.17, 15) is 13.2 Å². The Balaban J connectivity index is 1.64. The highest BCUT2D eigenvalue weighted by Gasteiger charge is 2.30. The quantitative estimate of drug-likeness (QED) is 0.625. The Morgan fingerprint density at radius 1 is 1.16 bits per heavy atom. The van der Waals surface area contributed by atoms with Gasteiger partial charge in [0.1, 0.15) is 6.04 Å². The summed E-state index contributed by atoms with van der Waals surface area (Å²) in [7, 11) is -3.91. The molecule has 3 rings (SSSR count). The van der Waals surface area contributed by atoms with E-state index in [0.717, 1.165) is 25.9 Å². The summed E-state index contributed by atoms with van der Waals surface area (Å²) in [6.45, 7) is 11.5. The number of nitrogens with one attached hydrogen (secondary N) is 2. The topological polar surface area (TPSA) is 97.0 Å². The Morgan fingerprint density at radius 2 is 1.87 bits per heavy atom. The number of ether oxygens (including phenoxy) is 2. The number of carbonyl (C=O) groups excluding carboxylic acids is 1. The number of hydrogen-bond donors (Lipinski definition) is 2. The predicted octanol–water partition coefficient (Wildman–Crippen LogP) is 2.00. The van der Waals surface area contributed by atoms with Gasteiger partial charge in [-0.3, -0.25) is 4.79 Å². The van der Waals surface area contributed by atoms with Crippen molar-refractivity contribution in [3.8, 4) is 11.5 Å². The zero-order valence-electron chi connectivity index (χ0n) is 18.9. The van der Waals surface area contributed by atoms with Gasteiger partial charge in [-0.15, -0.1) is 0 Å². The molecule has 0 aliphatic carbocycles. The lowest BCUT2D eigenvalue weighted by Crippen LogP contribution is -2.50. The van der Waals surface area contributed by atoms with Crippen molar-refractivity contribution in [2.75, 3.05) is 32.8 Å². The van der Waals surface area contributed by atoms with Gasteiger partial charge in [-0.05, 0) is 50.8 Å². The fourth-order valence-electron chi connectivity index (χ4n) is 3.89. The van der Waals surface area contributed by atoms with E-state index in [0.29, 0.717) is 43.2 Å². The van der Waals surface area contributed by atoms with Crippen LogP contribution in [-0.2, 0) is 14.8 Å². The van der Waals surface area contributed by atoms with Crippen molar-refractivity contribution in [1.82, 2.24) is 14.9 Å². The Kier molecular flexibility index (Phi) is 7.82. The summed E-state index contributed by atoms with van der Waals surface area (Å²) < 4.78 is 39.8. The van der Waals surface area contributed by atoms with Gasteiger partial charge in [0.2, 0.25) is 15.9 Å². The van der Waals surface area contributed by atoms with Crippen molar-refractivity contribution in [2.45, 2.75) is 57.5 Å². The molecule has 2 atom stereocenters. The summed E-state index contributed by atoms with van der Waals surface area (Å²) >= 11 is 0. The molecule has 1 fully saturated rings. The van der Waals surface area contributed by atoms with Gasteiger partial charge < -0.3 is 19.7 Å². The second kappa shape index (κ2) is 10.2. The fourth-order valence-corrected chi connectivity index (χ4v) is 5.25. The van der Waals surface area contributed by atoms with Crippen LogP contribution in [0.1, 0.15) is 40.5 Å². The van der Waals surface area contributed by atoms with Crippen LogP contribution in [-0.4, -0.2) is 64.2 Å². The van der Waals surface area contributed by atoms with E-state index in [1.165, 1.54) is 12.1 Å². The Hall–Kier alpha value is -1.84. The maximum atomic E-state index is 13.0. The minimum absolute atomic E-state index is 0.0542. The van der Waals surface area contributed by atoms with Crippen molar-refractivity contribution >= 4 is 15.9 Å². The SMILES string of the molecule is CC(C)C(NS(=O)(=O)c1ccc2c(c1)OCCCO2)C(=O)NCC1CCN(C(C)C)C1. The first-order chi connectivity index (χ1) is 14.7. The standard InChI is InChI=1S/C22H35N3O5S/c1-15(2)21(22(26)23-13-17-8-9-25(14-17)16(3)4)24-31(27,28)18-6-7-19-20(12-18)30-11-5-10-29-19/h6-7,12,15-17,21,24H,5,8-11,13-14H2,1-4H3,(H,23,26). The first-order valence-corrected chi connectivity index (χ1v) is 12.6. The number of amides is 1. The van der Waals surface area contributed by atoms with Crippen LogP contribution in [0.5, 0.6) is 11.5 Å². The van der Waals surface area contributed by atoms with Gasteiger partial charge in [-0.25, -0.2) is 8.42 Å². The van der Waals surface area contributed by atoms with E-state index >= 15 is 0 Å². The number of likely N-dealkylation sites (tertiary alicyclic amines) is 1. The first kappa shape index (κ1) is 23.8. The zero-order valence-corrected chi connectivity index (χ0v) is 19.7. The molecule has 1 saturated heterocycles. The largest absolute Gasteiger partial charge is 0.490 e. The molecule has 9 heteroatoms. The summed E-state index contributed by atoms with van der Waals surface area (Å²) in [4.78, 5) is 15.3. The van der Waals surface area contributed by atoms with Crippen LogP contribution < -0.4 is 19.5 Å². The van der Waals surface area contributed by atoms with Gasteiger partial charge in [0.25, 0.3) is 0 Å². The van der Waals surface area contributed by atoms with E-state index in [1.54, 1.807) is 6.07 Å². The molecule has 1 amide bonds. The summed E-state index contributed by atoms with van der Waals surface area (Å²) in [6.07, 6.45) is 1.77. The Labute approximate surface area is 185 Å². The molecule has 0 aromatic heterocycles. The second-order valence-electron chi connectivity index (χ2n) is 8.99. The molecule has 0 saturated carbocycles. The average molecular weight is 454 g/mol. The highest BCUT2D eigenvalue weighted by atomic mass is 32.2. The van der Waals surface area contributed by atoms with Crippen LogP contribution in [0.15, 0.2) is 23.1 Å². The molecule has 174 valence electrons. The van der Waals surface area contributed by atoms with Crippen molar-refractivity contribution in [3.63, 3.8) is 0 Å². The summed E-state index contributed by atoms with van der Waals surface area (Å²) in [5.41, 5.74) is 0. The highest BCUT2D eigenvalue weighted by molar-refractivity contribution is 7.89. The van der Waals surface area contributed by atoms with Crippen LogP contribution in [0, 0.1) is 11.8 Å². The maximum absolute atomic E-state index is 13.0. The molecule has 2 unspecified atom stereocenters. The molecule has 8 nitrogen and oxygen atoms in total. The molecule has 2 aliphatic heterocycles. The van der Waals surface area contributed by atoms with Crippen molar-refractivity contribution in [2.24, 2.45) is 11.8 Å². The number of fused-ring (bicyclic) bond motifs is 1. The van der Waals surface area contributed by atoms with Gasteiger partial charge >= 0.3 is 0 Å². The lowest BCUT2D eigenvalue weighted by molar-refractivity contribution is -0.123. The maximum Gasteiger partial charge on any atom is 0.241 e. The first-order valence-electron chi connectivity index (χ1n) is 11.1. The van der Waals surface area contributed by atoms with Gasteiger partial charge in [0.15, 0.2) is 11.5 Å². The van der Waals surface area contributed by atoms with Crippen LogP contribution >= 0.6 is 0 Å². The van der Waals surface area contributed by atoms with E-state index in [2.05, 4.69) is 28.8 Å². The molecule has 2 N–H and O–H groups in total. The molecular formula is C22H35N3O5S. The Morgan fingerprint density at radius 3 is 2.52 bits per heavy atom. The highest BCUT2D eigenvalue weighted by Crippen LogP contribution is 2.32. The number of benzene rings is 1. The molecule has 1 aromatic rings. The smallest absolute Gasteiger partial charge is 0.241 e. The molecule has 2 heterocycles. The van der Waals surface area contributed by atoms with Gasteiger partial charge in [-0.1, -0.05) is 13.8 Å². The van der Waals surface area contributed by atoms with E-state index in [-0.39, 0.29) is 16.7 Å². The number of rotatable bonds is 8. The molecule has 1 aromatic carbocycles. The summed E-state index contributed by atoms with van der Waals surface area (Å²) in [6, 6.07) is 4.16. The number of hydrogen-bond acceptors (Lipinski definition) is 6. The van der Waals surface area contributed by atoms with Crippen LogP contribution in [0.2, 0.25) is 0 Å². The average Bonchev–Trinajstić information content (AvgIpc) is 3.07. The summed E-state index contributed by atoms with van der Waals surface area (Å²) in [5.74, 6) is 0.822. The predicted molar refractivity (Wildman–Crippen MR) is 119 cm³/mol. The number of carbonyl (C=O) groups is 1. The minimum atomic E-state index is -3.91. The third-order valence-corrected chi connectivity index (χ3v) is 7.31. The number of sulfonamides is 1. The van der Waals surface area contributed by atoms with Gasteiger partial charge in [-0.2, -0.15) is 4.72 Å². The van der Waals surface area contributed by atoms with Gasteiger partial charge in [0, 0.05) is 31.6 Å². The third-order valence-electron chi connectivity index (χ3n) is 5.87. The molecule has 2 aliphatic rings. The molecule has 0 radical (unpaired) electrons. The lowest BCUT2D eigenvalue weighted by Gasteiger charge is -2.23. The van der Waals surface area contributed by atoms with E-state index in [4.69, 9.17) is 9.47 Å². The third kappa shape index (κ3) is 6.11. The fraction of sp³-hybridized carbons (Fsp3) is 0.682. The normalized spacial score (nSPS) is 20.6. The second-order valence-corrected chi connectivity index (χ2v) is 10.7. The zero-order chi connectivity index (χ0) is 22.6. The van der Waals surface area contributed by atoms with E-state index < -0.39 is 16.1 Å². The monoisotopic (exact) mass is 453 g/mol. The van der Waals surface area contributed by atoms with E-state index in [1.807, 2.05) is 13.8 Å². The molecule has 0 bridgehead atoms. The molecular weight excluding hydrogens is 418 g/mol. The molecule has 31 heavy (non-hydrogen) atoms. The van der Waals surface area contributed by atoms with Crippen LogP contribution in [0.3, 0.4) is 0 Å². The number of nitrogens with zero attached hydrogens (tertiary/aromatic N) is 1. The van der Waals surface area contributed by atoms with Crippen molar-refractivity contribution < 1.29 is 22.7 Å². The van der Waals surface area contributed by atoms with Crippen LogP contribution in [0.25, 0.3) is 0 Å². The molecule has 0 spiro atoms.